The van der Waals surface area contributed by atoms with Crippen LogP contribution in [0.1, 0.15) is 24.0 Å². The van der Waals surface area contributed by atoms with Gasteiger partial charge in [-0.2, -0.15) is 0 Å². The second-order valence-corrected chi connectivity index (χ2v) is 5.00. The lowest BCUT2D eigenvalue weighted by atomic mass is 9.91. The van der Waals surface area contributed by atoms with Crippen molar-refractivity contribution in [2.45, 2.75) is 18.9 Å². The smallest absolute Gasteiger partial charge is 0.162 e. The summed E-state index contributed by atoms with van der Waals surface area (Å²) in [5, 5.41) is 10.2. The fourth-order valence-corrected chi connectivity index (χ4v) is 2.73. The number of benzene rings is 2. The second-order valence-electron chi connectivity index (χ2n) is 5.00. The van der Waals surface area contributed by atoms with Crippen LogP contribution in [0.25, 0.3) is 5.57 Å². The largest absolute Gasteiger partial charge is 0.388 e. The van der Waals surface area contributed by atoms with E-state index in [0.29, 0.717) is 18.4 Å². The van der Waals surface area contributed by atoms with Gasteiger partial charge >= 0.3 is 0 Å². The molecule has 1 N–H and O–H groups in total. The molecular formula is C18H16O2. The molecule has 2 nitrogen and oxygen atoms in total. The summed E-state index contributed by atoms with van der Waals surface area (Å²) in [5.74, 6) is 0.0557. The summed E-state index contributed by atoms with van der Waals surface area (Å²) < 4.78 is 0. The summed E-state index contributed by atoms with van der Waals surface area (Å²) in [4.78, 5) is 12.2. The lowest BCUT2D eigenvalue weighted by molar-refractivity contribution is -0.114. The fraction of sp³-hybridized carbons (Fsp3) is 0.167. The van der Waals surface area contributed by atoms with Gasteiger partial charge in [0, 0.05) is 12.0 Å². The van der Waals surface area contributed by atoms with Crippen molar-refractivity contribution in [2.75, 3.05) is 0 Å². The Kier molecular flexibility index (Phi) is 3.48. The number of aliphatic hydroxyl groups is 1. The maximum Gasteiger partial charge on any atom is 0.162 e. The number of hydrogen-bond donors (Lipinski definition) is 1. The van der Waals surface area contributed by atoms with Crippen LogP contribution in [0.5, 0.6) is 0 Å². The number of aliphatic hydroxyl groups excluding tert-OH is 1. The van der Waals surface area contributed by atoms with Gasteiger partial charge in [0.1, 0.15) is 0 Å². The Hall–Kier alpha value is -2.19. The maximum absolute atomic E-state index is 12.2. The van der Waals surface area contributed by atoms with E-state index in [1.807, 2.05) is 60.7 Å². The quantitative estimate of drug-likeness (QED) is 0.846. The molecular weight excluding hydrogens is 248 g/mol. The van der Waals surface area contributed by atoms with Crippen LogP contribution in [0.4, 0.5) is 0 Å². The van der Waals surface area contributed by atoms with Gasteiger partial charge in [0.15, 0.2) is 5.78 Å². The summed E-state index contributed by atoms with van der Waals surface area (Å²) in [7, 11) is 0. The van der Waals surface area contributed by atoms with E-state index >= 15 is 0 Å². The molecule has 0 saturated heterocycles. The number of ketones is 1. The predicted octanol–water partition coefficient (Wildman–Crippen LogP) is 3.21. The van der Waals surface area contributed by atoms with Crippen molar-refractivity contribution in [1.29, 1.82) is 0 Å². The molecule has 2 aromatic rings. The molecule has 0 heterocycles. The van der Waals surface area contributed by atoms with E-state index in [1.54, 1.807) is 0 Å². The van der Waals surface area contributed by atoms with Gasteiger partial charge in [0.25, 0.3) is 0 Å². The van der Waals surface area contributed by atoms with Gasteiger partial charge in [-0.25, -0.2) is 0 Å². The number of Topliss-reactive ketones (excluding diaryl/α,β-unsaturated/α-hetero) is 1. The Morgan fingerprint density at radius 1 is 0.900 bits per heavy atom. The molecule has 1 aliphatic rings. The van der Waals surface area contributed by atoms with Crippen LogP contribution in [0, 0.1) is 0 Å². The Morgan fingerprint density at radius 2 is 1.40 bits per heavy atom. The maximum atomic E-state index is 12.2. The highest BCUT2D eigenvalue weighted by molar-refractivity contribution is 6.08. The summed E-state index contributed by atoms with van der Waals surface area (Å²) in [6, 6.07) is 19.6. The minimum Gasteiger partial charge on any atom is -0.388 e. The Labute approximate surface area is 118 Å². The van der Waals surface area contributed by atoms with E-state index in [4.69, 9.17) is 0 Å². The monoisotopic (exact) mass is 264 g/mol. The molecule has 20 heavy (non-hydrogen) atoms. The molecule has 0 amide bonds. The molecule has 0 aromatic heterocycles. The zero-order chi connectivity index (χ0) is 13.9. The van der Waals surface area contributed by atoms with Crippen molar-refractivity contribution in [1.82, 2.24) is 0 Å². The summed E-state index contributed by atoms with van der Waals surface area (Å²) >= 11 is 0. The van der Waals surface area contributed by atoms with Crippen molar-refractivity contribution in [2.24, 2.45) is 0 Å². The Balaban J connectivity index is 2.25. The summed E-state index contributed by atoms with van der Waals surface area (Å²) in [6.45, 7) is 0. The van der Waals surface area contributed by atoms with Crippen molar-refractivity contribution in [3.05, 3.63) is 77.4 Å². The lowest BCUT2D eigenvalue weighted by Crippen LogP contribution is -2.10. The van der Waals surface area contributed by atoms with Gasteiger partial charge in [0.2, 0.25) is 0 Å². The number of rotatable bonds is 2. The van der Waals surface area contributed by atoms with Gasteiger partial charge in [-0.3, -0.25) is 4.79 Å². The molecule has 1 unspecified atom stereocenters. The zero-order valence-corrected chi connectivity index (χ0v) is 11.1. The first-order chi connectivity index (χ1) is 9.77. The standard InChI is InChI=1S/C18H16O2/c19-15-11-12-16(20)18(15)17(13-7-3-1-4-8-13)14-9-5-2-6-10-14/h1-10,15,19H,11-12H2. The normalized spacial score (nSPS) is 18.4. The van der Waals surface area contributed by atoms with E-state index in [-0.39, 0.29) is 5.78 Å². The Bertz CT molecular complexity index is 600. The third-order valence-electron chi connectivity index (χ3n) is 3.67. The van der Waals surface area contributed by atoms with E-state index in [1.165, 1.54) is 0 Å². The van der Waals surface area contributed by atoms with Gasteiger partial charge in [-0.1, -0.05) is 60.7 Å². The first-order valence-electron chi connectivity index (χ1n) is 6.83. The van der Waals surface area contributed by atoms with Gasteiger partial charge < -0.3 is 5.11 Å². The average molecular weight is 264 g/mol. The molecule has 100 valence electrons. The minimum atomic E-state index is -0.655. The highest BCUT2D eigenvalue weighted by Crippen LogP contribution is 2.34. The van der Waals surface area contributed by atoms with Gasteiger partial charge in [-0.15, -0.1) is 0 Å². The van der Waals surface area contributed by atoms with Crippen LogP contribution >= 0.6 is 0 Å². The lowest BCUT2D eigenvalue weighted by Gasteiger charge is -2.14. The molecule has 3 rings (SSSR count). The van der Waals surface area contributed by atoms with Gasteiger partial charge in [0.05, 0.1) is 6.10 Å². The average Bonchev–Trinajstić information content (AvgIpc) is 2.82. The number of hydrogen-bond acceptors (Lipinski definition) is 2. The van der Waals surface area contributed by atoms with Crippen LogP contribution in [-0.4, -0.2) is 17.0 Å². The van der Waals surface area contributed by atoms with Gasteiger partial charge in [-0.05, 0) is 23.1 Å². The fourth-order valence-electron chi connectivity index (χ4n) is 2.73. The first-order valence-corrected chi connectivity index (χ1v) is 6.83. The van der Waals surface area contributed by atoms with Crippen molar-refractivity contribution in [3.63, 3.8) is 0 Å². The van der Waals surface area contributed by atoms with E-state index in [9.17, 15) is 9.90 Å². The number of carbonyl (C=O) groups excluding carboxylic acids is 1. The summed E-state index contributed by atoms with van der Waals surface area (Å²) in [6.07, 6.45) is 0.301. The number of carbonyl (C=O) groups is 1. The van der Waals surface area contributed by atoms with E-state index in [0.717, 1.165) is 16.7 Å². The highest BCUT2D eigenvalue weighted by Gasteiger charge is 2.30. The first kappa shape index (κ1) is 12.8. The van der Waals surface area contributed by atoms with Crippen LogP contribution in [0.3, 0.4) is 0 Å². The topological polar surface area (TPSA) is 37.3 Å². The molecule has 1 atom stereocenters. The van der Waals surface area contributed by atoms with Crippen molar-refractivity contribution < 1.29 is 9.90 Å². The SMILES string of the molecule is O=C1CCC(O)C1=C(c1ccccc1)c1ccccc1. The van der Waals surface area contributed by atoms with Crippen LogP contribution in [0.15, 0.2) is 66.2 Å². The predicted molar refractivity (Wildman–Crippen MR) is 79.2 cm³/mol. The third kappa shape index (κ3) is 2.30. The molecule has 2 heteroatoms. The third-order valence-corrected chi connectivity index (χ3v) is 3.67. The van der Waals surface area contributed by atoms with Crippen LogP contribution in [-0.2, 0) is 4.79 Å². The van der Waals surface area contributed by atoms with E-state index in [2.05, 4.69) is 0 Å². The van der Waals surface area contributed by atoms with Crippen molar-refractivity contribution >= 4 is 11.4 Å². The Morgan fingerprint density at radius 3 is 1.80 bits per heavy atom. The summed E-state index contributed by atoms with van der Waals surface area (Å²) in [5.41, 5.74) is 3.37. The molecule has 1 aliphatic carbocycles. The molecule has 2 aromatic carbocycles. The van der Waals surface area contributed by atoms with Crippen LogP contribution in [0.2, 0.25) is 0 Å². The molecule has 1 saturated carbocycles. The molecule has 0 aliphatic heterocycles. The zero-order valence-electron chi connectivity index (χ0n) is 11.1. The molecule has 0 bridgehead atoms. The van der Waals surface area contributed by atoms with Crippen molar-refractivity contribution in [3.8, 4) is 0 Å². The highest BCUT2D eigenvalue weighted by atomic mass is 16.3. The molecule has 1 fully saturated rings. The van der Waals surface area contributed by atoms with E-state index < -0.39 is 6.10 Å². The van der Waals surface area contributed by atoms with Crippen LogP contribution < -0.4 is 0 Å². The molecule has 0 spiro atoms. The molecule has 0 radical (unpaired) electrons. The minimum absolute atomic E-state index is 0.0557. The second kappa shape index (κ2) is 5.43.